The number of aryl methyl sites for hydroxylation is 1. The van der Waals surface area contributed by atoms with E-state index in [1.165, 1.54) is 25.3 Å². The Kier molecular flexibility index (Phi) is 3.65. The average molecular weight is 264 g/mol. The van der Waals surface area contributed by atoms with Crippen molar-refractivity contribution in [2.45, 2.75) is 13.5 Å². The molecule has 2 rings (SSSR count). The van der Waals surface area contributed by atoms with Gasteiger partial charge in [0.05, 0.1) is 7.11 Å². The molecule has 1 aromatic carbocycles. The van der Waals surface area contributed by atoms with Gasteiger partial charge >= 0.3 is 5.97 Å². The molecular formula is C12H12N2O5. The predicted molar refractivity (Wildman–Crippen MR) is 62.8 cm³/mol. The lowest BCUT2D eigenvalue weighted by Gasteiger charge is -2.06. The number of carbonyl (C=O) groups is 1. The number of ether oxygens (including phenoxy) is 2. The van der Waals surface area contributed by atoms with E-state index in [1.54, 1.807) is 6.92 Å². The third-order valence-corrected chi connectivity index (χ3v) is 2.32. The average Bonchev–Trinajstić information content (AvgIpc) is 2.82. The molecule has 1 N–H and O–H groups in total. The number of hydrogen-bond donors (Lipinski definition) is 1. The number of phenols is 1. The molecule has 0 aliphatic rings. The molecule has 1 aromatic heterocycles. The number of carbonyl (C=O) groups excluding carboxylic acids is 1. The van der Waals surface area contributed by atoms with Gasteiger partial charge in [0.1, 0.15) is 17.1 Å². The van der Waals surface area contributed by atoms with Crippen LogP contribution in [-0.4, -0.2) is 28.3 Å². The third kappa shape index (κ3) is 3.01. The number of esters is 1. The molecule has 0 atom stereocenters. The predicted octanol–water partition coefficient (Wildman–Crippen LogP) is 1.45. The maximum absolute atomic E-state index is 11.8. The molecule has 7 heteroatoms. The summed E-state index contributed by atoms with van der Waals surface area (Å²) < 4.78 is 14.7. The number of aromatic hydroxyl groups is 1. The van der Waals surface area contributed by atoms with Crippen LogP contribution in [-0.2, 0) is 11.3 Å². The molecule has 0 radical (unpaired) electrons. The van der Waals surface area contributed by atoms with Crippen LogP contribution in [0.15, 0.2) is 22.7 Å². The molecule has 0 saturated carbocycles. The van der Waals surface area contributed by atoms with Gasteiger partial charge in [-0.1, -0.05) is 5.16 Å². The number of phenolic OH excluding ortho intramolecular Hbond substituents is 1. The van der Waals surface area contributed by atoms with Crippen LogP contribution in [0, 0.1) is 6.92 Å². The Morgan fingerprint density at radius 2 is 2.26 bits per heavy atom. The van der Waals surface area contributed by atoms with E-state index >= 15 is 0 Å². The SMILES string of the molecule is COc1ccc(O)c(C(=O)OCc2nc(C)no2)c1. The van der Waals surface area contributed by atoms with Crippen molar-refractivity contribution in [3.63, 3.8) is 0 Å². The molecule has 7 nitrogen and oxygen atoms in total. The van der Waals surface area contributed by atoms with E-state index in [0.717, 1.165) is 0 Å². The Hall–Kier alpha value is -2.57. The second kappa shape index (κ2) is 5.38. The number of nitrogens with zero attached hydrogens (tertiary/aromatic N) is 2. The van der Waals surface area contributed by atoms with Crippen molar-refractivity contribution in [1.82, 2.24) is 10.1 Å². The highest BCUT2D eigenvalue weighted by molar-refractivity contribution is 5.92. The summed E-state index contributed by atoms with van der Waals surface area (Å²) in [6.07, 6.45) is 0. The molecule has 0 fully saturated rings. The number of benzene rings is 1. The van der Waals surface area contributed by atoms with Crippen molar-refractivity contribution in [3.8, 4) is 11.5 Å². The van der Waals surface area contributed by atoms with E-state index in [9.17, 15) is 9.90 Å². The van der Waals surface area contributed by atoms with E-state index in [2.05, 4.69) is 10.1 Å². The summed E-state index contributed by atoms with van der Waals surface area (Å²) in [6, 6.07) is 4.27. The zero-order valence-corrected chi connectivity index (χ0v) is 10.4. The van der Waals surface area contributed by atoms with Crippen LogP contribution in [0.5, 0.6) is 11.5 Å². The normalized spacial score (nSPS) is 10.2. The monoisotopic (exact) mass is 264 g/mol. The standard InChI is InChI=1S/C12H12N2O5/c1-7-13-11(19-14-7)6-18-12(16)9-5-8(17-2)3-4-10(9)15/h3-5,15H,6H2,1-2H3. The van der Waals surface area contributed by atoms with E-state index in [1.807, 2.05) is 0 Å². The maximum atomic E-state index is 11.8. The van der Waals surface area contributed by atoms with Gasteiger partial charge in [-0.25, -0.2) is 4.79 Å². The summed E-state index contributed by atoms with van der Waals surface area (Å²) in [5, 5.41) is 13.2. The second-order valence-corrected chi connectivity index (χ2v) is 3.69. The molecular weight excluding hydrogens is 252 g/mol. The van der Waals surface area contributed by atoms with E-state index in [4.69, 9.17) is 14.0 Å². The number of hydrogen-bond acceptors (Lipinski definition) is 7. The summed E-state index contributed by atoms with van der Waals surface area (Å²) in [7, 11) is 1.46. The van der Waals surface area contributed by atoms with Gasteiger partial charge in [0, 0.05) is 0 Å². The molecule has 0 unspecified atom stereocenters. The molecule has 1 heterocycles. The van der Waals surface area contributed by atoms with Crippen molar-refractivity contribution >= 4 is 5.97 Å². The van der Waals surface area contributed by atoms with Gasteiger partial charge in [0.2, 0.25) is 0 Å². The Balaban J connectivity index is 2.07. The molecule has 2 aromatic rings. The van der Waals surface area contributed by atoms with Crippen LogP contribution in [0.4, 0.5) is 0 Å². The van der Waals surface area contributed by atoms with E-state index < -0.39 is 5.97 Å². The minimum atomic E-state index is -0.702. The van der Waals surface area contributed by atoms with Gasteiger partial charge in [-0.05, 0) is 25.1 Å². The quantitative estimate of drug-likeness (QED) is 0.835. The Labute approximate surface area is 108 Å². The fourth-order valence-corrected chi connectivity index (χ4v) is 1.41. The summed E-state index contributed by atoms with van der Waals surface area (Å²) >= 11 is 0. The molecule has 0 spiro atoms. The third-order valence-electron chi connectivity index (χ3n) is 2.32. The molecule has 19 heavy (non-hydrogen) atoms. The largest absolute Gasteiger partial charge is 0.507 e. The first-order valence-electron chi connectivity index (χ1n) is 5.43. The zero-order valence-electron chi connectivity index (χ0n) is 10.4. The lowest BCUT2D eigenvalue weighted by atomic mass is 10.2. The van der Waals surface area contributed by atoms with E-state index in [0.29, 0.717) is 11.6 Å². The molecule has 100 valence electrons. The lowest BCUT2D eigenvalue weighted by Crippen LogP contribution is -2.06. The molecule has 0 aliphatic heterocycles. The van der Waals surface area contributed by atoms with Crippen LogP contribution < -0.4 is 4.74 Å². The fourth-order valence-electron chi connectivity index (χ4n) is 1.41. The Morgan fingerprint density at radius 3 is 2.89 bits per heavy atom. The van der Waals surface area contributed by atoms with Crippen LogP contribution in [0.25, 0.3) is 0 Å². The second-order valence-electron chi connectivity index (χ2n) is 3.69. The van der Waals surface area contributed by atoms with Crippen LogP contribution in [0.1, 0.15) is 22.1 Å². The summed E-state index contributed by atoms with van der Waals surface area (Å²) in [4.78, 5) is 15.7. The van der Waals surface area contributed by atoms with Crippen molar-refractivity contribution in [2.24, 2.45) is 0 Å². The van der Waals surface area contributed by atoms with Gasteiger partial charge in [0.25, 0.3) is 5.89 Å². The number of methoxy groups -OCH3 is 1. The molecule has 0 saturated heterocycles. The number of rotatable bonds is 4. The van der Waals surface area contributed by atoms with Crippen LogP contribution >= 0.6 is 0 Å². The zero-order chi connectivity index (χ0) is 13.8. The number of aromatic nitrogens is 2. The van der Waals surface area contributed by atoms with Crippen molar-refractivity contribution in [3.05, 3.63) is 35.5 Å². The van der Waals surface area contributed by atoms with Crippen molar-refractivity contribution < 1.29 is 23.9 Å². The van der Waals surface area contributed by atoms with Gasteiger partial charge in [-0.2, -0.15) is 4.98 Å². The fraction of sp³-hybridized carbons (Fsp3) is 0.250. The lowest BCUT2D eigenvalue weighted by molar-refractivity contribution is 0.0426. The summed E-state index contributed by atoms with van der Waals surface area (Å²) in [5.41, 5.74) is 0.00980. The first-order chi connectivity index (χ1) is 9.10. The molecule has 0 bridgehead atoms. The maximum Gasteiger partial charge on any atom is 0.342 e. The summed E-state index contributed by atoms with van der Waals surface area (Å²) in [5.74, 6) is 0.196. The summed E-state index contributed by atoms with van der Waals surface area (Å²) in [6.45, 7) is 1.50. The Bertz CT molecular complexity index is 594. The van der Waals surface area contributed by atoms with Gasteiger partial charge in [-0.15, -0.1) is 0 Å². The minimum Gasteiger partial charge on any atom is -0.507 e. The highest BCUT2D eigenvalue weighted by Crippen LogP contribution is 2.23. The van der Waals surface area contributed by atoms with Crippen LogP contribution in [0.3, 0.4) is 0 Å². The Morgan fingerprint density at radius 1 is 1.47 bits per heavy atom. The van der Waals surface area contributed by atoms with Crippen LogP contribution in [0.2, 0.25) is 0 Å². The van der Waals surface area contributed by atoms with Gasteiger partial charge in [0.15, 0.2) is 12.4 Å². The first kappa shape index (κ1) is 12.9. The van der Waals surface area contributed by atoms with Crippen molar-refractivity contribution in [1.29, 1.82) is 0 Å². The minimum absolute atomic E-state index is 0.00980. The first-order valence-corrected chi connectivity index (χ1v) is 5.43. The van der Waals surface area contributed by atoms with Gasteiger partial charge < -0.3 is 19.1 Å². The topological polar surface area (TPSA) is 94.7 Å². The highest BCUT2D eigenvalue weighted by atomic mass is 16.6. The highest BCUT2D eigenvalue weighted by Gasteiger charge is 2.15. The van der Waals surface area contributed by atoms with Crippen molar-refractivity contribution in [2.75, 3.05) is 7.11 Å². The smallest absolute Gasteiger partial charge is 0.342 e. The van der Waals surface area contributed by atoms with E-state index in [-0.39, 0.29) is 23.8 Å². The van der Waals surface area contributed by atoms with Gasteiger partial charge in [-0.3, -0.25) is 0 Å². The molecule has 0 amide bonds. The molecule has 0 aliphatic carbocycles.